The van der Waals surface area contributed by atoms with Gasteiger partial charge in [0.1, 0.15) is 0 Å². The molecule has 90 valence electrons. The van der Waals surface area contributed by atoms with Crippen molar-refractivity contribution in [3.05, 3.63) is 28.5 Å². The Kier molecular flexibility index (Phi) is 6.65. The first-order valence-corrected chi connectivity index (χ1v) is 6.82. The van der Waals surface area contributed by atoms with E-state index in [9.17, 15) is 0 Å². The predicted molar refractivity (Wildman–Crippen MR) is 72.6 cm³/mol. The van der Waals surface area contributed by atoms with E-state index in [0.717, 1.165) is 10.9 Å². The van der Waals surface area contributed by atoms with E-state index in [2.05, 4.69) is 39.2 Å². The van der Waals surface area contributed by atoms with Gasteiger partial charge < -0.3 is 5.32 Å². The third-order valence-electron chi connectivity index (χ3n) is 2.81. The smallest absolute Gasteiger partial charge is 0.0410 e. The number of rotatable bonds is 7. The van der Waals surface area contributed by atoms with Gasteiger partial charge in [-0.3, -0.25) is 4.98 Å². The lowest BCUT2D eigenvalue weighted by atomic mass is 10.0. The lowest BCUT2D eigenvalue weighted by Gasteiger charge is -2.15. The molecular formula is C13H21BrN2. The molecule has 0 bridgehead atoms. The summed E-state index contributed by atoms with van der Waals surface area (Å²) >= 11 is 3.45. The number of nitrogens with zero attached hydrogens (tertiary/aromatic N) is 1. The number of aromatic nitrogens is 1. The number of unbranched alkanes of at least 4 members (excludes halogenated alkanes) is 2. The first kappa shape index (κ1) is 13.7. The summed E-state index contributed by atoms with van der Waals surface area (Å²) in [5.41, 5.74) is 1.30. The molecule has 1 atom stereocenters. The van der Waals surface area contributed by atoms with Crippen molar-refractivity contribution < 1.29 is 0 Å². The molecule has 0 aliphatic carbocycles. The van der Waals surface area contributed by atoms with Crippen LogP contribution in [-0.2, 0) is 6.42 Å². The number of hydrogen-bond acceptors (Lipinski definition) is 2. The molecule has 2 nitrogen and oxygen atoms in total. The van der Waals surface area contributed by atoms with Crippen LogP contribution in [0.2, 0.25) is 0 Å². The number of hydrogen-bond donors (Lipinski definition) is 1. The van der Waals surface area contributed by atoms with E-state index in [4.69, 9.17) is 0 Å². The van der Waals surface area contributed by atoms with Gasteiger partial charge in [-0.2, -0.15) is 0 Å². The zero-order chi connectivity index (χ0) is 11.8. The van der Waals surface area contributed by atoms with E-state index in [1.54, 1.807) is 0 Å². The Morgan fingerprint density at radius 3 is 2.81 bits per heavy atom. The molecule has 0 aliphatic heterocycles. The monoisotopic (exact) mass is 284 g/mol. The summed E-state index contributed by atoms with van der Waals surface area (Å²) in [6.45, 7) is 2.24. The zero-order valence-corrected chi connectivity index (χ0v) is 11.8. The second kappa shape index (κ2) is 7.80. The first-order chi connectivity index (χ1) is 7.76. The summed E-state index contributed by atoms with van der Waals surface area (Å²) < 4.78 is 1.06. The largest absolute Gasteiger partial charge is 0.317 e. The topological polar surface area (TPSA) is 24.9 Å². The molecular weight excluding hydrogens is 264 g/mol. The van der Waals surface area contributed by atoms with Crippen LogP contribution < -0.4 is 5.32 Å². The van der Waals surface area contributed by atoms with Crippen LogP contribution in [0.15, 0.2) is 22.9 Å². The molecule has 1 N–H and O–H groups in total. The Hall–Kier alpha value is -0.410. The fourth-order valence-electron chi connectivity index (χ4n) is 1.84. The predicted octanol–water partition coefficient (Wildman–Crippen LogP) is 3.55. The minimum absolute atomic E-state index is 0.572. The van der Waals surface area contributed by atoms with Crippen molar-refractivity contribution in [2.45, 2.75) is 45.1 Å². The highest BCUT2D eigenvalue weighted by Crippen LogP contribution is 2.13. The Balaban J connectivity index is 2.43. The molecule has 3 heteroatoms. The van der Waals surface area contributed by atoms with Gasteiger partial charge in [0.25, 0.3) is 0 Å². The third-order valence-corrected chi connectivity index (χ3v) is 3.24. The van der Waals surface area contributed by atoms with Crippen molar-refractivity contribution in [3.63, 3.8) is 0 Å². The van der Waals surface area contributed by atoms with E-state index in [-0.39, 0.29) is 0 Å². The van der Waals surface area contributed by atoms with Gasteiger partial charge in [-0.15, -0.1) is 0 Å². The van der Waals surface area contributed by atoms with Crippen molar-refractivity contribution in [2.24, 2.45) is 0 Å². The van der Waals surface area contributed by atoms with Crippen LogP contribution in [0.25, 0.3) is 0 Å². The Morgan fingerprint density at radius 1 is 1.38 bits per heavy atom. The molecule has 0 radical (unpaired) electrons. The fraction of sp³-hybridized carbons (Fsp3) is 0.615. The number of likely N-dealkylation sites (N-methyl/N-ethyl adjacent to an activating group) is 1. The van der Waals surface area contributed by atoms with E-state index < -0.39 is 0 Å². The Labute approximate surface area is 107 Å². The molecule has 0 saturated heterocycles. The average Bonchev–Trinajstić information content (AvgIpc) is 2.28. The standard InChI is InChI=1S/C13H21BrN2/c1-3-4-5-6-13(15-2)8-11-7-12(14)10-16-9-11/h7,9-10,13,15H,3-6,8H2,1-2H3. The zero-order valence-electron chi connectivity index (χ0n) is 10.2. The van der Waals surface area contributed by atoms with E-state index in [0.29, 0.717) is 6.04 Å². The molecule has 1 aromatic rings. The molecule has 0 saturated carbocycles. The van der Waals surface area contributed by atoms with Gasteiger partial charge in [-0.05, 0) is 47.4 Å². The molecule has 16 heavy (non-hydrogen) atoms. The van der Waals surface area contributed by atoms with E-state index in [1.807, 2.05) is 19.4 Å². The van der Waals surface area contributed by atoms with Crippen LogP contribution in [0.5, 0.6) is 0 Å². The molecule has 0 fully saturated rings. The van der Waals surface area contributed by atoms with Crippen molar-refractivity contribution in [1.82, 2.24) is 10.3 Å². The van der Waals surface area contributed by atoms with Crippen LogP contribution >= 0.6 is 15.9 Å². The average molecular weight is 285 g/mol. The molecule has 0 amide bonds. The molecule has 1 rings (SSSR count). The molecule has 1 aromatic heterocycles. The maximum absolute atomic E-state index is 4.19. The molecule has 0 aromatic carbocycles. The summed E-state index contributed by atoms with van der Waals surface area (Å²) in [7, 11) is 2.04. The highest BCUT2D eigenvalue weighted by atomic mass is 79.9. The molecule has 0 aliphatic rings. The van der Waals surface area contributed by atoms with E-state index in [1.165, 1.54) is 31.2 Å². The van der Waals surface area contributed by atoms with Gasteiger partial charge in [0.05, 0.1) is 0 Å². The SMILES string of the molecule is CCCCCC(Cc1cncc(Br)c1)NC. The molecule has 1 heterocycles. The maximum Gasteiger partial charge on any atom is 0.0410 e. The van der Waals surface area contributed by atoms with Gasteiger partial charge in [0, 0.05) is 22.9 Å². The van der Waals surface area contributed by atoms with Gasteiger partial charge >= 0.3 is 0 Å². The van der Waals surface area contributed by atoms with Gasteiger partial charge in [0.2, 0.25) is 0 Å². The van der Waals surface area contributed by atoms with Crippen LogP contribution in [0.1, 0.15) is 38.2 Å². The first-order valence-electron chi connectivity index (χ1n) is 6.03. The lowest BCUT2D eigenvalue weighted by Crippen LogP contribution is -2.27. The summed E-state index contributed by atoms with van der Waals surface area (Å²) in [6.07, 6.45) is 10.0. The summed E-state index contributed by atoms with van der Waals surface area (Å²) in [4.78, 5) is 4.19. The second-order valence-electron chi connectivity index (χ2n) is 4.20. The van der Waals surface area contributed by atoms with Gasteiger partial charge in [-0.1, -0.05) is 26.2 Å². The van der Waals surface area contributed by atoms with Crippen LogP contribution in [-0.4, -0.2) is 18.1 Å². The Bertz CT molecular complexity index is 302. The highest BCUT2D eigenvalue weighted by molar-refractivity contribution is 9.10. The minimum Gasteiger partial charge on any atom is -0.317 e. The summed E-state index contributed by atoms with van der Waals surface area (Å²) in [6, 6.07) is 2.72. The third kappa shape index (κ3) is 5.08. The summed E-state index contributed by atoms with van der Waals surface area (Å²) in [5.74, 6) is 0. The summed E-state index contributed by atoms with van der Waals surface area (Å²) in [5, 5.41) is 3.39. The highest BCUT2D eigenvalue weighted by Gasteiger charge is 2.07. The number of pyridine rings is 1. The van der Waals surface area contributed by atoms with Gasteiger partial charge in [0.15, 0.2) is 0 Å². The normalized spacial score (nSPS) is 12.7. The van der Waals surface area contributed by atoms with Crippen LogP contribution in [0.3, 0.4) is 0 Å². The van der Waals surface area contributed by atoms with Crippen molar-refractivity contribution in [1.29, 1.82) is 0 Å². The van der Waals surface area contributed by atoms with Gasteiger partial charge in [-0.25, -0.2) is 0 Å². The van der Waals surface area contributed by atoms with Crippen molar-refractivity contribution >= 4 is 15.9 Å². The second-order valence-corrected chi connectivity index (χ2v) is 5.11. The van der Waals surface area contributed by atoms with Crippen LogP contribution in [0, 0.1) is 0 Å². The van der Waals surface area contributed by atoms with Crippen molar-refractivity contribution in [2.75, 3.05) is 7.05 Å². The van der Waals surface area contributed by atoms with E-state index >= 15 is 0 Å². The number of nitrogens with one attached hydrogen (secondary N) is 1. The molecule has 1 unspecified atom stereocenters. The fourth-order valence-corrected chi connectivity index (χ4v) is 2.25. The molecule has 0 spiro atoms. The van der Waals surface area contributed by atoms with Crippen molar-refractivity contribution in [3.8, 4) is 0 Å². The minimum atomic E-state index is 0.572. The number of halogens is 1. The lowest BCUT2D eigenvalue weighted by molar-refractivity contribution is 0.489. The Morgan fingerprint density at radius 2 is 2.19 bits per heavy atom. The quantitative estimate of drug-likeness (QED) is 0.775. The van der Waals surface area contributed by atoms with Crippen LogP contribution in [0.4, 0.5) is 0 Å². The maximum atomic E-state index is 4.19.